The number of H-pyrrole nitrogens is 2. The van der Waals surface area contributed by atoms with Crippen molar-refractivity contribution in [1.29, 1.82) is 0 Å². The molecule has 0 spiro atoms. The predicted molar refractivity (Wildman–Crippen MR) is 220 cm³/mol. The fourth-order valence-corrected chi connectivity index (χ4v) is 11.9. The third kappa shape index (κ3) is 7.65. The Morgan fingerprint density at radius 3 is 1.70 bits per heavy atom. The van der Waals surface area contributed by atoms with Crippen LogP contribution < -0.4 is 21.0 Å². The van der Waals surface area contributed by atoms with E-state index in [9.17, 15) is 19.5 Å². The van der Waals surface area contributed by atoms with Crippen molar-refractivity contribution in [1.82, 2.24) is 40.4 Å². The minimum absolute atomic E-state index is 0.0474. The van der Waals surface area contributed by atoms with Crippen molar-refractivity contribution in [2.75, 3.05) is 27.3 Å². The Bertz CT molecular complexity index is 2130. The van der Waals surface area contributed by atoms with Gasteiger partial charge >= 0.3 is 6.09 Å². The number of aromatic amines is 2. The van der Waals surface area contributed by atoms with Crippen molar-refractivity contribution < 1.29 is 29.0 Å². The van der Waals surface area contributed by atoms with Gasteiger partial charge in [0, 0.05) is 20.2 Å². The molecule has 5 N–H and O–H groups in total. The zero-order valence-electron chi connectivity index (χ0n) is 34.2. The van der Waals surface area contributed by atoms with Crippen LogP contribution in [0.25, 0.3) is 33.6 Å². The highest BCUT2D eigenvalue weighted by atomic mass is 28.3. The van der Waals surface area contributed by atoms with Crippen LogP contribution in [0.5, 0.6) is 0 Å². The Kier molecular flexibility index (Phi) is 11.5. The van der Waals surface area contributed by atoms with Crippen LogP contribution >= 0.6 is 0 Å². The molecule has 0 saturated carbocycles. The maximum Gasteiger partial charge on any atom is 0.407 e. The van der Waals surface area contributed by atoms with Gasteiger partial charge in [0.25, 0.3) is 0 Å². The summed E-state index contributed by atoms with van der Waals surface area (Å²) < 4.78 is 9.77. The Morgan fingerprint density at radius 1 is 0.789 bits per heavy atom. The van der Waals surface area contributed by atoms with Gasteiger partial charge in [-0.05, 0) is 70.1 Å². The van der Waals surface area contributed by atoms with Gasteiger partial charge in [-0.3, -0.25) is 14.9 Å². The highest BCUT2D eigenvalue weighted by molar-refractivity contribution is 7.03. The van der Waals surface area contributed by atoms with Crippen molar-refractivity contribution in [3.63, 3.8) is 0 Å². The highest BCUT2D eigenvalue weighted by Crippen LogP contribution is 2.37. The van der Waals surface area contributed by atoms with E-state index < -0.39 is 32.7 Å². The molecule has 4 aromatic rings. The molecule has 3 aliphatic rings. The van der Waals surface area contributed by atoms with Crippen molar-refractivity contribution in [3.05, 3.63) is 60.4 Å². The predicted octanol–water partition coefficient (Wildman–Crippen LogP) is 4.51. The lowest BCUT2D eigenvalue weighted by Gasteiger charge is -2.31. The fourth-order valence-electron chi connectivity index (χ4n) is 8.83. The number of amides is 3. The second-order valence-corrected chi connectivity index (χ2v) is 21.1. The maximum absolute atomic E-state index is 13.7. The summed E-state index contributed by atoms with van der Waals surface area (Å²) in [5, 5.41) is 18.4. The SMILES string of the molecule is COC(=O)NC(C(=O)N1CCCC1c1ncc(-c2ccc3c(c2)[Si](C)(C)c2cc(-c4cnc(C5CCCN5C(=O)C(NC(O)OC)C(C)C)[nH]4)ccc2-3)[nH]1)C(C)C. The molecule has 0 aliphatic carbocycles. The number of ether oxygens (including phenoxy) is 2. The summed E-state index contributed by atoms with van der Waals surface area (Å²) >= 11 is 0. The number of rotatable bonds is 12. The van der Waals surface area contributed by atoms with E-state index in [0.29, 0.717) is 13.1 Å². The first kappa shape index (κ1) is 40.4. The van der Waals surface area contributed by atoms with E-state index in [2.05, 4.69) is 70.1 Å². The van der Waals surface area contributed by atoms with Crippen LogP contribution in [0.2, 0.25) is 13.1 Å². The van der Waals surface area contributed by atoms with Crippen LogP contribution in [-0.4, -0.2) is 107 Å². The molecule has 5 atom stereocenters. The zero-order valence-corrected chi connectivity index (χ0v) is 35.2. The van der Waals surface area contributed by atoms with E-state index in [1.54, 1.807) is 0 Å². The van der Waals surface area contributed by atoms with E-state index in [0.717, 1.165) is 59.8 Å². The molecule has 5 unspecified atom stereocenters. The van der Waals surface area contributed by atoms with Gasteiger partial charge in [0.2, 0.25) is 18.2 Å². The number of aliphatic hydroxyl groups excluding tert-OH is 1. The Labute approximate surface area is 335 Å². The molecular weight excluding hydrogens is 741 g/mol. The molecule has 57 heavy (non-hydrogen) atoms. The number of aliphatic hydroxyl groups is 1. The molecular formula is C42H56N8O6Si. The number of likely N-dealkylation sites (tertiary alicyclic amines) is 2. The summed E-state index contributed by atoms with van der Waals surface area (Å²) in [7, 11) is 0.557. The Morgan fingerprint density at radius 2 is 1.26 bits per heavy atom. The molecule has 0 bridgehead atoms. The number of carbonyl (C=O) groups excluding carboxylic acids is 3. The zero-order chi connectivity index (χ0) is 40.8. The van der Waals surface area contributed by atoms with Gasteiger partial charge in [0.1, 0.15) is 25.8 Å². The van der Waals surface area contributed by atoms with Crippen LogP contribution in [-0.2, 0) is 19.1 Å². The summed E-state index contributed by atoms with van der Waals surface area (Å²) in [5.41, 5.74) is 6.41. The largest absolute Gasteiger partial charge is 0.453 e. The van der Waals surface area contributed by atoms with Crippen LogP contribution in [0.15, 0.2) is 48.8 Å². The third-order valence-corrected chi connectivity index (χ3v) is 15.6. The average Bonchev–Trinajstić information content (AvgIpc) is 4.05. The van der Waals surface area contributed by atoms with Gasteiger partial charge in [-0.25, -0.2) is 14.8 Å². The van der Waals surface area contributed by atoms with Crippen LogP contribution in [0, 0.1) is 11.8 Å². The van der Waals surface area contributed by atoms with Gasteiger partial charge < -0.3 is 39.7 Å². The first-order chi connectivity index (χ1) is 27.2. The van der Waals surface area contributed by atoms with Gasteiger partial charge in [-0.15, -0.1) is 0 Å². The molecule has 15 heteroatoms. The number of nitrogens with one attached hydrogen (secondary N) is 4. The van der Waals surface area contributed by atoms with E-state index in [4.69, 9.17) is 19.4 Å². The number of alkyl carbamates (subject to hydrolysis) is 1. The first-order valence-corrected chi connectivity index (χ1v) is 23.1. The summed E-state index contributed by atoms with van der Waals surface area (Å²) in [6.45, 7) is 13.7. The molecule has 5 heterocycles. The number of methoxy groups -OCH3 is 2. The van der Waals surface area contributed by atoms with E-state index in [1.165, 1.54) is 35.7 Å². The van der Waals surface area contributed by atoms with Gasteiger partial charge in [-0.1, -0.05) is 77.2 Å². The number of benzene rings is 2. The average molecular weight is 797 g/mol. The molecule has 2 aromatic carbocycles. The number of aromatic nitrogens is 4. The first-order valence-electron chi connectivity index (χ1n) is 20.1. The smallest absolute Gasteiger partial charge is 0.407 e. The van der Waals surface area contributed by atoms with E-state index in [-0.39, 0.29) is 35.7 Å². The monoisotopic (exact) mass is 796 g/mol. The maximum atomic E-state index is 13.7. The van der Waals surface area contributed by atoms with Gasteiger partial charge in [0.05, 0.1) is 49.0 Å². The number of hydrogen-bond donors (Lipinski definition) is 5. The van der Waals surface area contributed by atoms with Crippen LogP contribution in [0.3, 0.4) is 0 Å². The molecule has 2 saturated heterocycles. The molecule has 2 aromatic heterocycles. The van der Waals surface area contributed by atoms with Crippen molar-refractivity contribution >= 4 is 36.4 Å². The molecule has 7 rings (SSSR count). The number of hydrogen-bond acceptors (Lipinski definition) is 9. The molecule has 14 nitrogen and oxygen atoms in total. The summed E-state index contributed by atoms with van der Waals surface area (Å²) in [4.78, 5) is 59.8. The highest BCUT2D eigenvalue weighted by Gasteiger charge is 2.41. The minimum Gasteiger partial charge on any atom is -0.453 e. The number of imidazole rings is 2. The summed E-state index contributed by atoms with van der Waals surface area (Å²) in [5.74, 6) is 1.15. The lowest BCUT2D eigenvalue weighted by atomic mass is 10.0. The Balaban J connectivity index is 1.09. The standard InChI is InChI=1S/C42H56N8O6Si/c1-23(2)35(47-41(53)55-5)39(51)49-17-9-11-31(49)37-43-21-29(45-37)25-13-15-27-28-16-14-26(20-34(28)57(7,8)33(27)19-25)30-22-44-38(46-30)32-12-10-18-50(32)40(52)36(24(3)4)48-42(54)56-6/h13-16,19-24,31-32,35-36,41,47,53H,9-12,17-18H2,1-8H3,(H,43,45)(H,44,46)(H,48,54). The normalized spacial score (nSPS) is 20.1. The van der Waals surface area contributed by atoms with Gasteiger partial charge in [0.15, 0.2) is 0 Å². The third-order valence-electron chi connectivity index (χ3n) is 12.1. The van der Waals surface area contributed by atoms with E-state index >= 15 is 0 Å². The summed E-state index contributed by atoms with van der Waals surface area (Å²) in [6, 6.07) is 11.7. The lowest BCUT2D eigenvalue weighted by Crippen LogP contribution is -2.52. The van der Waals surface area contributed by atoms with Gasteiger partial charge in [-0.2, -0.15) is 0 Å². The van der Waals surface area contributed by atoms with E-state index in [1.807, 2.05) is 49.9 Å². The number of nitrogens with zero attached hydrogens (tertiary/aromatic N) is 4. The number of carbonyl (C=O) groups is 3. The number of fused-ring (bicyclic) bond motifs is 3. The topological polar surface area (TPSA) is 178 Å². The molecule has 3 aliphatic heterocycles. The second kappa shape index (κ2) is 16.2. The lowest BCUT2D eigenvalue weighted by molar-refractivity contribution is -0.145. The molecule has 304 valence electrons. The van der Waals surface area contributed by atoms with Crippen LogP contribution in [0.1, 0.15) is 77.1 Å². The molecule has 0 radical (unpaired) electrons. The van der Waals surface area contributed by atoms with Crippen molar-refractivity contribution in [2.45, 2.75) is 97.1 Å². The van der Waals surface area contributed by atoms with Crippen molar-refractivity contribution in [3.8, 4) is 33.6 Å². The summed E-state index contributed by atoms with van der Waals surface area (Å²) in [6.07, 6.45) is 5.20. The quantitative estimate of drug-likeness (QED) is 0.102. The molecule has 2 fully saturated rings. The minimum atomic E-state index is -2.14. The second-order valence-electron chi connectivity index (χ2n) is 16.7. The fraction of sp³-hybridized carbons (Fsp3) is 0.500. The van der Waals surface area contributed by atoms with Crippen LogP contribution in [0.4, 0.5) is 4.79 Å². The van der Waals surface area contributed by atoms with Crippen molar-refractivity contribution in [2.24, 2.45) is 11.8 Å². The Hall–Kier alpha value is -4.83. The molecule has 3 amide bonds.